The molecule has 0 saturated carbocycles. The Hall–Kier alpha value is -1.30. The van der Waals surface area contributed by atoms with Crippen molar-refractivity contribution in [2.24, 2.45) is 11.5 Å². The highest BCUT2D eigenvalue weighted by atomic mass is 16.5. The zero-order valence-electron chi connectivity index (χ0n) is 9.51. The lowest BCUT2D eigenvalue weighted by molar-refractivity contribution is 0.248. The van der Waals surface area contributed by atoms with E-state index in [-0.39, 0.29) is 6.61 Å². The quantitative estimate of drug-likeness (QED) is 0.658. The molecule has 0 heterocycles. The minimum atomic E-state index is -0.527. The lowest BCUT2D eigenvalue weighted by Crippen LogP contribution is -2.37. The van der Waals surface area contributed by atoms with Crippen molar-refractivity contribution in [2.75, 3.05) is 20.8 Å². The molecule has 1 aromatic rings. The van der Waals surface area contributed by atoms with Gasteiger partial charge >= 0.3 is 0 Å². The van der Waals surface area contributed by atoms with Crippen LogP contribution in [0.1, 0.15) is 11.6 Å². The molecule has 2 atom stereocenters. The maximum absolute atomic E-state index is 8.98. The lowest BCUT2D eigenvalue weighted by Gasteiger charge is -2.20. The molecular formula is C11H18N2O3. The molecule has 5 nitrogen and oxygen atoms in total. The molecule has 0 radical (unpaired) electrons. The Morgan fingerprint density at radius 2 is 1.94 bits per heavy atom. The van der Waals surface area contributed by atoms with Crippen LogP contribution in [0.25, 0.3) is 0 Å². The third kappa shape index (κ3) is 2.63. The van der Waals surface area contributed by atoms with E-state index >= 15 is 0 Å². The van der Waals surface area contributed by atoms with Crippen molar-refractivity contribution in [3.05, 3.63) is 23.8 Å². The van der Waals surface area contributed by atoms with Gasteiger partial charge in [0.15, 0.2) is 0 Å². The Morgan fingerprint density at radius 1 is 1.25 bits per heavy atom. The SMILES string of the molecule is COc1ccc(OC)c(C(N)C(N)CO)c1. The Bertz CT molecular complexity index is 344. The van der Waals surface area contributed by atoms with Gasteiger partial charge in [-0.1, -0.05) is 0 Å². The maximum Gasteiger partial charge on any atom is 0.123 e. The molecule has 0 spiro atoms. The molecule has 0 aromatic heterocycles. The number of methoxy groups -OCH3 is 2. The van der Waals surface area contributed by atoms with E-state index in [0.717, 1.165) is 5.56 Å². The van der Waals surface area contributed by atoms with Gasteiger partial charge in [-0.05, 0) is 18.2 Å². The second-order valence-corrected chi connectivity index (χ2v) is 3.48. The lowest BCUT2D eigenvalue weighted by atomic mass is 10.00. The summed E-state index contributed by atoms with van der Waals surface area (Å²) in [6.07, 6.45) is 0. The van der Waals surface area contributed by atoms with Crippen LogP contribution in [0.2, 0.25) is 0 Å². The van der Waals surface area contributed by atoms with Crippen LogP contribution in [0.5, 0.6) is 11.5 Å². The van der Waals surface area contributed by atoms with Crippen LogP contribution in [0, 0.1) is 0 Å². The van der Waals surface area contributed by atoms with Gasteiger partial charge in [0.2, 0.25) is 0 Å². The van der Waals surface area contributed by atoms with Crippen molar-refractivity contribution in [3.8, 4) is 11.5 Å². The number of nitrogens with two attached hydrogens (primary N) is 2. The molecule has 1 rings (SSSR count). The number of hydrogen-bond acceptors (Lipinski definition) is 5. The minimum Gasteiger partial charge on any atom is -0.497 e. The smallest absolute Gasteiger partial charge is 0.123 e. The monoisotopic (exact) mass is 226 g/mol. The number of rotatable bonds is 5. The number of benzene rings is 1. The van der Waals surface area contributed by atoms with E-state index in [1.54, 1.807) is 32.4 Å². The molecule has 0 bridgehead atoms. The molecule has 0 aliphatic rings. The summed E-state index contributed by atoms with van der Waals surface area (Å²) in [6, 6.07) is 4.28. The predicted octanol–water partition coefficient (Wildman–Crippen LogP) is 0.0232. The van der Waals surface area contributed by atoms with Crippen LogP contribution >= 0.6 is 0 Å². The zero-order valence-corrected chi connectivity index (χ0v) is 9.51. The first-order chi connectivity index (χ1) is 7.63. The highest BCUT2D eigenvalue weighted by Gasteiger charge is 2.19. The topological polar surface area (TPSA) is 90.7 Å². The molecule has 5 N–H and O–H groups in total. The van der Waals surface area contributed by atoms with E-state index in [9.17, 15) is 0 Å². The van der Waals surface area contributed by atoms with E-state index in [1.807, 2.05) is 0 Å². The first-order valence-electron chi connectivity index (χ1n) is 4.98. The molecule has 0 saturated heterocycles. The van der Waals surface area contributed by atoms with Crippen LogP contribution in [-0.2, 0) is 0 Å². The molecule has 90 valence electrons. The van der Waals surface area contributed by atoms with E-state index in [2.05, 4.69) is 0 Å². The summed E-state index contributed by atoms with van der Waals surface area (Å²) in [5.74, 6) is 1.31. The molecule has 1 aromatic carbocycles. The third-order valence-electron chi connectivity index (χ3n) is 2.47. The zero-order chi connectivity index (χ0) is 12.1. The third-order valence-corrected chi connectivity index (χ3v) is 2.47. The van der Waals surface area contributed by atoms with Gasteiger partial charge < -0.3 is 26.0 Å². The van der Waals surface area contributed by atoms with Gasteiger partial charge in [-0.2, -0.15) is 0 Å². The first-order valence-corrected chi connectivity index (χ1v) is 4.98. The van der Waals surface area contributed by atoms with Crippen LogP contribution in [0.4, 0.5) is 0 Å². The fourth-order valence-electron chi connectivity index (χ4n) is 1.44. The van der Waals surface area contributed by atoms with Gasteiger partial charge in [0.05, 0.1) is 26.9 Å². The van der Waals surface area contributed by atoms with E-state index in [0.29, 0.717) is 11.5 Å². The normalized spacial score (nSPS) is 14.3. The molecule has 2 unspecified atom stereocenters. The van der Waals surface area contributed by atoms with Gasteiger partial charge in [0, 0.05) is 11.6 Å². The second kappa shape index (κ2) is 5.69. The van der Waals surface area contributed by atoms with Crippen LogP contribution in [0.3, 0.4) is 0 Å². The molecule has 0 amide bonds. The fraction of sp³-hybridized carbons (Fsp3) is 0.455. The van der Waals surface area contributed by atoms with E-state index < -0.39 is 12.1 Å². The highest BCUT2D eigenvalue weighted by molar-refractivity contribution is 5.42. The summed E-state index contributed by atoms with van der Waals surface area (Å²) in [7, 11) is 3.13. The molecule has 0 aliphatic carbocycles. The maximum atomic E-state index is 8.98. The largest absolute Gasteiger partial charge is 0.497 e. The number of aliphatic hydroxyl groups is 1. The molecule has 0 aliphatic heterocycles. The van der Waals surface area contributed by atoms with Crippen LogP contribution in [-0.4, -0.2) is 32.0 Å². The molecule has 0 fully saturated rings. The average Bonchev–Trinajstić information content (AvgIpc) is 2.35. The summed E-state index contributed by atoms with van der Waals surface area (Å²) in [5, 5.41) is 8.98. The second-order valence-electron chi connectivity index (χ2n) is 3.48. The first kappa shape index (κ1) is 12.8. The summed E-state index contributed by atoms with van der Waals surface area (Å²) in [4.78, 5) is 0. The van der Waals surface area contributed by atoms with Crippen LogP contribution < -0.4 is 20.9 Å². The van der Waals surface area contributed by atoms with Crippen molar-refractivity contribution in [1.82, 2.24) is 0 Å². The Kier molecular flexibility index (Phi) is 4.54. The number of hydrogen-bond donors (Lipinski definition) is 3. The van der Waals surface area contributed by atoms with Gasteiger partial charge in [-0.3, -0.25) is 0 Å². The fourth-order valence-corrected chi connectivity index (χ4v) is 1.44. The van der Waals surface area contributed by atoms with Crippen molar-refractivity contribution >= 4 is 0 Å². The van der Waals surface area contributed by atoms with Gasteiger partial charge in [-0.15, -0.1) is 0 Å². The number of ether oxygens (including phenoxy) is 2. The Balaban J connectivity index is 3.07. The summed E-state index contributed by atoms with van der Waals surface area (Å²) >= 11 is 0. The summed E-state index contributed by atoms with van der Waals surface area (Å²) < 4.78 is 10.3. The Morgan fingerprint density at radius 3 is 2.44 bits per heavy atom. The standard InChI is InChI=1S/C11H18N2O3/c1-15-7-3-4-10(16-2)8(5-7)11(13)9(12)6-14/h3-5,9,11,14H,6,12-13H2,1-2H3. The molecule has 16 heavy (non-hydrogen) atoms. The minimum absolute atomic E-state index is 0.179. The van der Waals surface area contributed by atoms with Crippen molar-refractivity contribution in [1.29, 1.82) is 0 Å². The van der Waals surface area contributed by atoms with Crippen molar-refractivity contribution in [2.45, 2.75) is 12.1 Å². The number of aliphatic hydroxyl groups excluding tert-OH is 1. The summed E-state index contributed by atoms with van der Waals surface area (Å²) in [5.41, 5.74) is 12.3. The predicted molar refractivity (Wildman–Crippen MR) is 61.5 cm³/mol. The average molecular weight is 226 g/mol. The Labute approximate surface area is 95.0 Å². The molecule has 5 heteroatoms. The molecular weight excluding hydrogens is 208 g/mol. The van der Waals surface area contributed by atoms with Gasteiger partial charge in [0.1, 0.15) is 11.5 Å². The van der Waals surface area contributed by atoms with E-state index in [4.69, 9.17) is 26.0 Å². The van der Waals surface area contributed by atoms with Crippen molar-refractivity contribution in [3.63, 3.8) is 0 Å². The van der Waals surface area contributed by atoms with Gasteiger partial charge in [0.25, 0.3) is 0 Å². The van der Waals surface area contributed by atoms with Crippen molar-refractivity contribution < 1.29 is 14.6 Å². The summed E-state index contributed by atoms with van der Waals surface area (Å²) in [6.45, 7) is -0.179. The van der Waals surface area contributed by atoms with Gasteiger partial charge in [-0.25, -0.2) is 0 Å². The van der Waals surface area contributed by atoms with Crippen LogP contribution in [0.15, 0.2) is 18.2 Å². The van der Waals surface area contributed by atoms with E-state index in [1.165, 1.54) is 0 Å². The highest BCUT2D eigenvalue weighted by Crippen LogP contribution is 2.29.